The van der Waals surface area contributed by atoms with Gasteiger partial charge in [0.15, 0.2) is 5.11 Å². The van der Waals surface area contributed by atoms with Crippen LogP contribution in [0.2, 0.25) is 0 Å². The number of nitrogens with zero attached hydrogens (tertiary/aromatic N) is 2. The lowest BCUT2D eigenvalue weighted by Gasteiger charge is -2.30. The number of carbonyl (C=O) groups excluding carboxylic acids is 3. The number of rotatable bonds is 6. The molecule has 0 aromatic heterocycles. The van der Waals surface area contributed by atoms with Crippen LogP contribution in [0.25, 0.3) is 0 Å². The molecule has 2 saturated heterocycles. The number of para-hydroxylation sites is 1. The van der Waals surface area contributed by atoms with Gasteiger partial charge in [-0.15, -0.1) is 0 Å². The summed E-state index contributed by atoms with van der Waals surface area (Å²) in [5.41, 5.74) is 1.21. The van der Waals surface area contributed by atoms with Gasteiger partial charge in [0, 0.05) is 12.2 Å². The van der Waals surface area contributed by atoms with Crippen LogP contribution >= 0.6 is 12.2 Å². The van der Waals surface area contributed by atoms with E-state index >= 15 is 0 Å². The summed E-state index contributed by atoms with van der Waals surface area (Å²) in [5.74, 6) is -0.144. The van der Waals surface area contributed by atoms with E-state index in [0.29, 0.717) is 30.1 Å². The fourth-order valence-electron chi connectivity index (χ4n) is 4.21. The normalized spacial score (nSPS) is 20.9. The van der Waals surface area contributed by atoms with E-state index in [1.807, 2.05) is 18.2 Å². The Bertz CT molecular complexity index is 1040. The third-order valence-electron chi connectivity index (χ3n) is 5.86. The zero-order valence-electron chi connectivity index (χ0n) is 18.3. The summed E-state index contributed by atoms with van der Waals surface area (Å²) < 4.78 is 5.14. The second-order valence-electron chi connectivity index (χ2n) is 8.00. The van der Waals surface area contributed by atoms with Crippen molar-refractivity contribution >= 4 is 46.4 Å². The monoisotopic (exact) mass is 466 g/mol. The highest BCUT2D eigenvalue weighted by atomic mass is 32.1. The largest absolute Gasteiger partial charge is 0.497 e. The third-order valence-corrected chi connectivity index (χ3v) is 6.26. The van der Waals surface area contributed by atoms with E-state index in [1.54, 1.807) is 48.4 Å². The average molecular weight is 467 g/mol. The van der Waals surface area contributed by atoms with Crippen LogP contribution in [-0.4, -0.2) is 53.5 Å². The quantitative estimate of drug-likeness (QED) is 0.637. The minimum absolute atomic E-state index is 0.127. The number of hydrogen-bond donors (Lipinski definition) is 2. The fraction of sp³-hybridized carbons (Fsp3) is 0.333. The predicted molar refractivity (Wildman–Crippen MR) is 129 cm³/mol. The van der Waals surface area contributed by atoms with Gasteiger partial charge in [-0.3, -0.25) is 19.3 Å². The van der Waals surface area contributed by atoms with E-state index in [-0.39, 0.29) is 29.3 Å². The van der Waals surface area contributed by atoms with Gasteiger partial charge in [0.1, 0.15) is 17.8 Å². The van der Waals surface area contributed by atoms with Gasteiger partial charge in [-0.2, -0.15) is 0 Å². The molecule has 0 aliphatic carbocycles. The molecular formula is C24H26N4O4S. The Morgan fingerprint density at radius 3 is 2.55 bits per heavy atom. The standard InChI is InChI=1S/C24H26N4O4S/c1-32-18-12-10-16(11-13-18)26-21(29)15-20-23(31)27(17-7-3-2-4-8-17)24(33)28(20)19-9-5-6-14-25-22(19)30/h2-4,7-8,10-13,19-20H,5-6,9,14-15H2,1H3,(H,25,30)(H,26,29)/t19-,20-/m0/s1. The molecule has 8 nitrogen and oxygen atoms in total. The zero-order chi connectivity index (χ0) is 23.4. The molecule has 172 valence electrons. The Morgan fingerprint density at radius 2 is 1.85 bits per heavy atom. The second-order valence-corrected chi connectivity index (χ2v) is 8.36. The fourth-order valence-corrected chi connectivity index (χ4v) is 4.66. The van der Waals surface area contributed by atoms with Gasteiger partial charge in [-0.05, 0) is 67.9 Å². The molecule has 3 amide bonds. The summed E-state index contributed by atoms with van der Waals surface area (Å²) in [6, 6.07) is 14.5. The molecule has 2 fully saturated rings. The van der Waals surface area contributed by atoms with Crippen LogP contribution < -0.4 is 20.3 Å². The Balaban J connectivity index is 1.60. The molecule has 0 spiro atoms. The van der Waals surface area contributed by atoms with Gasteiger partial charge in [0.05, 0.1) is 19.2 Å². The lowest BCUT2D eigenvalue weighted by atomic mass is 10.1. The Hall–Kier alpha value is -3.46. The highest BCUT2D eigenvalue weighted by molar-refractivity contribution is 7.80. The first-order chi connectivity index (χ1) is 16.0. The van der Waals surface area contributed by atoms with Crippen molar-refractivity contribution in [2.45, 2.75) is 37.8 Å². The molecule has 0 radical (unpaired) electrons. The van der Waals surface area contributed by atoms with Crippen LogP contribution in [0, 0.1) is 0 Å². The molecule has 9 heteroatoms. The topological polar surface area (TPSA) is 91.0 Å². The van der Waals surface area contributed by atoms with Gasteiger partial charge in [0.2, 0.25) is 11.8 Å². The van der Waals surface area contributed by atoms with E-state index in [1.165, 1.54) is 4.90 Å². The number of methoxy groups -OCH3 is 1. The molecule has 0 unspecified atom stereocenters. The molecule has 2 N–H and O–H groups in total. The van der Waals surface area contributed by atoms with Crippen LogP contribution in [0.5, 0.6) is 5.75 Å². The van der Waals surface area contributed by atoms with Crippen LogP contribution in [0.4, 0.5) is 11.4 Å². The molecule has 2 aromatic carbocycles. The Labute approximate surface area is 197 Å². The van der Waals surface area contributed by atoms with Crippen molar-refractivity contribution in [2.75, 3.05) is 23.9 Å². The molecule has 4 rings (SSSR count). The van der Waals surface area contributed by atoms with Gasteiger partial charge in [-0.25, -0.2) is 0 Å². The Kier molecular flexibility index (Phi) is 6.88. The molecule has 0 bridgehead atoms. The first-order valence-corrected chi connectivity index (χ1v) is 11.3. The molecule has 2 aliphatic heterocycles. The average Bonchev–Trinajstić information content (AvgIpc) is 2.94. The predicted octanol–water partition coefficient (Wildman–Crippen LogP) is 2.69. The molecular weight excluding hydrogens is 440 g/mol. The summed E-state index contributed by atoms with van der Waals surface area (Å²) in [4.78, 5) is 42.3. The minimum atomic E-state index is -0.871. The van der Waals surface area contributed by atoms with Crippen molar-refractivity contribution in [3.63, 3.8) is 0 Å². The molecule has 33 heavy (non-hydrogen) atoms. The van der Waals surface area contributed by atoms with Crippen LogP contribution in [-0.2, 0) is 14.4 Å². The maximum atomic E-state index is 13.5. The molecule has 2 heterocycles. The van der Waals surface area contributed by atoms with E-state index in [9.17, 15) is 14.4 Å². The van der Waals surface area contributed by atoms with E-state index in [0.717, 1.165) is 12.8 Å². The Morgan fingerprint density at radius 1 is 1.12 bits per heavy atom. The van der Waals surface area contributed by atoms with Crippen molar-refractivity contribution < 1.29 is 19.1 Å². The lowest BCUT2D eigenvalue weighted by molar-refractivity contribution is -0.129. The maximum absolute atomic E-state index is 13.5. The molecule has 2 aromatic rings. The van der Waals surface area contributed by atoms with Crippen molar-refractivity contribution in [3.05, 3.63) is 54.6 Å². The molecule has 2 aliphatic rings. The van der Waals surface area contributed by atoms with Crippen LogP contribution in [0.1, 0.15) is 25.7 Å². The van der Waals surface area contributed by atoms with Gasteiger partial charge >= 0.3 is 0 Å². The van der Waals surface area contributed by atoms with Gasteiger partial charge in [0.25, 0.3) is 5.91 Å². The van der Waals surface area contributed by atoms with Crippen molar-refractivity contribution in [1.82, 2.24) is 10.2 Å². The van der Waals surface area contributed by atoms with E-state index < -0.39 is 12.1 Å². The first kappa shape index (κ1) is 22.7. The highest BCUT2D eigenvalue weighted by Crippen LogP contribution is 2.31. The summed E-state index contributed by atoms with van der Waals surface area (Å²) in [6.07, 6.45) is 2.13. The molecule has 0 saturated carbocycles. The SMILES string of the molecule is COc1ccc(NC(=O)C[C@H]2C(=O)N(c3ccccc3)C(=S)N2[C@H]2CCCCNC2=O)cc1. The first-order valence-electron chi connectivity index (χ1n) is 10.9. The second kappa shape index (κ2) is 9.99. The van der Waals surface area contributed by atoms with Crippen molar-refractivity contribution in [3.8, 4) is 5.75 Å². The maximum Gasteiger partial charge on any atom is 0.256 e. The summed E-state index contributed by atoms with van der Waals surface area (Å²) in [5, 5.41) is 5.97. The zero-order valence-corrected chi connectivity index (χ0v) is 19.1. The molecule has 2 atom stereocenters. The van der Waals surface area contributed by atoms with Gasteiger partial charge in [-0.1, -0.05) is 18.2 Å². The number of nitrogens with one attached hydrogen (secondary N) is 2. The number of carbonyl (C=O) groups is 3. The highest BCUT2D eigenvalue weighted by Gasteiger charge is 2.48. The number of thiocarbonyl (C=S) groups is 1. The summed E-state index contributed by atoms with van der Waals surface area (Å²) in [6.45, 7) is 0.592. The van der Waals surface area contributed by atoms with Crippen LogP contribution in [0.3, 0.4) is 0 Å². The van der Waals surface area contributed by atoms with E-state index in [2.05, 4.69) is 10.6 Å². The number of anilines is 2. The van der Waals surface area contributed by atoms with E-state index in [4.69, 9.17) is 17.0 Å². The van der Waals surface area contributed by atoms with Crippen LogP contribution in [0.15, 0.2) is 54.6 Å². The number of benzene rings is 2. The minimum Gasteiger partial charge on any atom is -0.497 e. The number of hydrogen-bond acceptors (Lipinski definition) is 5. The van der Waals surface area contributed by atoms with Gasteiger partial charge < -0.3 is 20.3 Å². The number of amides is 3. The third kappa shape index (κ3) is 4.83. The summed E-state index contributed by atoms with van der Waals surface area (Å²) in [7, 11) is 1.57. The summed E-state index contributed by atoms with van der Waals surface area (Å²) >= 11 is 5.69. The van der Waals surface area contributed by atoms with Crippen molar-refractivity contribution in [1.29, 1.82) is 0 Å². The smallest absolute Gasteiger partial charge is 0.256 e. The number of ether oxygens (including phenoxy) is 1. The lowest BCUT2D eigenvalue weighted by Crippen LogP contribution is -2.51. The van der Waals surface area contributed by atoms with Crippen molar-refractivity contribution in [2.24, 2.45) is 0 Å².